The van der Waals surface area contributed by atoms with Crippen molar-refractivity contribution in [3.8, 4) is 0 Å². The molecule has 88 valence electrons. The highest BCUT2D eigenvalue weighted by Gasteiger charge is 2.14. The van der Waals surface area contributed by atoms with Crippen LogP contribution in [0.15, 0.2) is 18.2 Å². The van der Waals surface area contributed by atoms with Crippen LogP contribution >= 0.6 is 11.6 Å². The maximum atomic E-state index is 12.0. The SMILES string of the molecule is Cc1cccc(C(=O)Cc2nnn(C)n2)c1Cl. The molecule has 0 spiro atoms. The lowest BCUT2D eigenvalue weighted by Gasteiger charge is -2.03. The van der Waals surface area contributed by atoms with Crippen LogP contribution in [0.1, 0.15) is 21.7 Å². The standard InChI is InChI=1S/C11H11ClN4O/c1-7-4-3-5-8(11(7)12)9(17)6-10-13-15-16(2)14-10/h3-5H,6H2,1-2H3. The predicted octanol–water partition coefficient (Wildman–Crippen LogP) is 1.60. The summed E-state index contributed by atoms with van der Waals surface area (Å²) < 4.78 is 0. The normalized spacial score (nSPS) is 10.5. The van der Waals surface area contributed by atoms with Gasteiger partial charge in [0, 0.05) is 5.56 Å². The first-order chi connectivity index (χ1) is 8.08. The van der Waals surface area contributed by atoms with E-state index >= 15 is 0 Å². The van der Waals surface area contributed by atoms with E-state index in [-0.39, 0.29) is 12.2 Å². The Hall–Kier alpha value is -1.75. The van der Waals surface area contributed by atoms with Crippen molar-refractivity contribution in [2.45, 2.75) is 13.3 Å². The minimum atomic E-state index is -0.105. The van der Waals surface area contributed by atoms with Crippen LogP contribution in [0.3, 0.4) is 0 Å². The monoisotopic (exact) mass is 250 g/mol. The van der Waals surface area contributed by atoms with Crippen LogP contribution < -0.4 is 0 Å². The molecule has 6 heteroatoms. The third-order valence-corrected chi connectivity index (χ3v) is 2.86. The first-order valence-electron chi connectivity index (χ1n) is 5.09. The average Bonchev–Trinajstić information content (AvgIpc) is 2.68. The van der Waals surface area contributed by atoms with Gasteiger partial charge in [-0.25, -0.2) is 0 Å². The first kappa shape index (κ1) is 11.7. The highest BCUT2D eigenvalue weighted by molar-refractivity contribution is 6.34. The second-order valence-electron chi connectivity index (χ2n) is 3.73. The van der Waals surface area contributed by atoms with Crippen molar-refractivity contribution >= 4 is 17.4 Å². The van der Waals surface area contributed by atoms with Gasteiger partial charge in [-0.3, -0.25) is 4.79 Å². The van der Waals surface area contributed by atoms with Crippen molar-refractivity contribution in [1.29, 1.82) is 0 Å². The molecule has 0 bridgehead atoms. The predicted molar refractivity (Wildman–Crippen MR) is 63.0 cm³/mol. The third kappa shape index (κ3) is 2.50. The Kier molecular flexibility index (Phi) is 3.19. The Morgan fingerprint density at radius 1 is 1.47 bits per heavy atom. The van der Waals surface area contributed by atoms with Gasteiger partial charge in [0.15, 0.2) is 11.6 Å². The van der Waals surface area contributed by atoms with Gasteiger partial charge in [0.05, 0.1) is 18.5 Å². The van der Waals surface area contributed by atoms with E-state index < -0.39 is 0 Å². The average molecular weight is 251 g/mol. The number of carbonyl (C=O) groups excluding carboxylic acids is 1. The summed E-state index contributed by atoms with van der Waals surface area (Å²) in [6.07, 6.45) is 0.108. The lowest BCUT2D eigenvalue weighted by Crippen LogP contribution is -2.06. The summed E-state index contributed by atoms with van der Waals surface area (Å²) in [6, 6.07) is 5.37. The molecule has 0 N–H and O–H groups in total. The number of nitrogens with zero attached hydrogens (tertiary/aromatic N) is 4. The number of benzene rings is 1. The van der Waals surface area contributed by atoms with Crippen LogP contribution in [0.5, 0.6) is 0 Å². The molecule has 17 heavy (non-hydrogen) atoms. The van der Waals surface area contributed by atoms with Crippen LogP contribution in [-0.2, 0) is 13.5 Å². The zero-order valence-corrected chi connectivity index (χ0v) is 10.3. The van der Waals surface area contributed by atoms with Crippen LogP contribution in [0.4, 0.5) is 0 Å². The van der Waals surface area contributed by atoms with Crippen molar-refractivity contribution in [1.82, 2.24) is 20.2 Å². The van der Waals surface area contributed by atoms with E-state index in [0.717, 1.165) is 5.56 Å². The van der Waals surface area contributed by atoms with Crippen LogP contribution in [0.2, 0.25) is 5.02 Å². The minimum absolute atomic E-state index is 0.105. The number of hydrogen-bond acceptors (Lipinski definition) is 4. The summed E-state index contributed by atoms with van der Waals surface area (Å²) in [6.45, 7) is 1.86. The maximum absolute atomic E-state index is 12.0. The molecule has 0 aliphatic rings. The number of rotatable bonds is 3. The lowest BCUT2D eigenvalue weighted by atomic mass is 10.1. The molecule has 0 aliphatic heterocycles. The fourth-order valence-electron chi connectivity index (χ4n) is 1.50. The van der Waals surface area contributed by atoms with Crippen molar-refractivity contribution in [2.24, 2.45) is 7.05 Å². The Labute approximate surface area is 103 Å². The Balaban J connectivity index is 2.23. The zero-order valence-electron chi connectivity index (χ0n) is 9.51. The number of Topliss-reactive ketones (excluding diaryl/α,β-unsaturated/α-hetero) is 1. The third-order valence-electron chi connectivity index (χ3n) is 2.36. The quantitative estimate of drug-likeness (QED) is 0.777. The van der Waals surface area contributed by atoms with E-state index in [1.807, 2.05) is 13.0 Å². The van der Waals surface area contributed by atoms with Gasteiger partial charge in [0.1, 0.15) is 0 Å². The van der Waals surface area contributed by atoms with Gasteiger partial charge in [0.25, 0.3) is 0 Å². The summed E-state index contributed by atoms with van der Waals surface area (Å²) >= 11 is 6.08. The number of aryl methyl sites for hydroxylation is 2. The molecular weight excluding hydrogens is 240 g/mol. The zero-order chi connectivity index (χ0) is 12.4. The highest BCUT2D eigenvalue weighted by atomic mass is 35.5. The Morgan fingerprint density at radius 2 is 2.24 bits per heavy atom. The molecule has 0 saturated heterocycles. The molecule has 0 radical (unpaired) electrons. The Morgan fingerprint density at radius 3 is 2.88 bits per heavy atom. The molecule has 0 saturated carbocycles. The van der Waals surface area contributed by atoms with Gasteiger partial charge in [-0.1, -0.05) is 23.7 Å². The molecule has 1 aromatic carbocycles. The van der Waals surface area contributed by atoms with Gasteiger partial charge in [-0.05, 0) is 23.8 Å². The highest BCUT2D eigenvalue weighted by Crippen LogP contribution is 2.21. The van der Waals surface area contributed by atoms with E-state index in [1.54, 1.807) is 19.2 Å². The fraction of sp³-hybridized carbons (Fsp3) is 0.273. The number of aromatic nitrogens is 4. The lowest BCUT2D eigenvalue weighted by molar-refractivity contribution is 0.0991. The fourth-order valence-corrected chi connectivity index (χ4v) is 1.73. The topological polar surface area (TPSA) is 60.7 Å². The molecule has 1 aromatic heterocycles. The summed E-state index contributed by atoms with van der Waals surface area (Å²) in [5, 5.41) is 11.9. The second-order valence-corrected chi connectivity index (χ2v) is 4.11. The first-order valence-corrected chi connectivity index (χ1v) is 5.47. The smallest absolute Gasteiger partial charge is 0.182 e. The van der Waals surface area contributed by atoms with E-state index in [2.05, 4.69) is 15.4 Å². The van der Waals surface area contributed by atoms with E-state index in [1.165, 1.54) is 4.80 Å². The molecular formula is C11H11ClN4O. The van der Waals surface area contributed by atoms with Crippen molar-refractivity contribution in [2.75, 3.05) is 0 Å². The molecule has 2 aromatic rings. The van der Waals surface area contributed by atoms with E-state index in [9.17, 15) is 4.79 Å². The molecule has 0 fully saturated rings. The van der Waals surface area contributed by atoms with Crippen molar-refractivity contribution in [3.05, 3.63) is 40.2 Å². The van der Waals surface area contributed by atoms with Gasteiger partial charge in [0.2, 0.25) is 0 Å². The maximum Gasteiger partial charge on any atom is 0.182 e. The molecule has 5 nitrogen and oxygen atoms in total. The van der Waals surface area contributed by atoms with Crippen LogP contribution in [0.25, 0.3) is 0 Å². The number of carbonyl (C=O) groups is 1. The summed E-state index contributed by atoms with van der Waals surface area (Å²) in [5.41, 5.74) is 1.38. The Bertz CT molecular complexity index is 564. The number of halogens is 1. The molecule has 0 unspecified atom stereocenters. The van der Waals surface area contributed by atoms with Crippen molar-refractivity contribution in [3.63, 3.8) is 0 Å². The van der Waals surface area contributed by atoms with Gasteiger partial charge in [-0.2, -0.15) is 4.80 Å². The van der Waals surface area contributed by atoms with Gasteiger partial charge < -0.3 is 0 Å². The van der Waals surface area contributed by atoms with E-state index in [4.69, 9.17) is 11.6 Å². The van der Waals surface area contributed by atoms with Crippen molar-refractivity contribution < 1.29 is 4.79 Å². The van der Waals surface area contributed by atoms with Crippen LogP contribution in [0, 0.1) is 6.92 Å². The van der Waals surface area contributed by atoms with Crippen LogP contribution in [-0.4, -0.2) is 26.0 Å². The number of hydrogen-bond donors (Lipinski definition) is 0. The molecule has 1 heterocycles. The second kappa shape index (κ2) is 4.63. The van der Waals surface area contributed by atoms with Gasteiger partial charge in [-0.15, -0.1) is 10.2 Å². The molecule has 0 aliphatic carbocycles. The summed E-state index contributed by atoms with van der Waals surface area (Å²) in [7, 11) is 1.65. The largest absolute Gasteiger partial charge is 0.294 e. The minimum Gasteiger partial charge on any atom is -0.294 e. The number of ketones is 1. The number of tetrazole rings is 1. The molecule has 2 rings (SSSR count). The van der Waals surface area contributed by atoms with E-state index in [0.29, 0.717) is 16.4 Å². The molecule has 0 amide bonds. The molecule has 0 atom stereocenters. The summed E-state index contributed by atoms with van der Waals surface area (Å²) in [4.78, 5) is 13.3. The summed E-state index contributed by atoms with van der Waals surface area (Å²) in [5.74, 6) is 0.293. The van der Waals surface area contributed by atoms with Gasteiger partial charge >= 0.3 is 0 Å².